The number of nitrogens with zero attached hydrogens (tertiary/aromatic N) is 2. The number of nitro benzene ring substituents is 1. The number of aryl methyl sites for hydroxylation is 1. The van der Waals surface area contributed by atoms with E-state index >= 15 is 0 Å². The SMILES string of the molecule is COc1ccc(/C(O)=C2\C(=N)N(c3ccc([N+](=O)[O-])cc3C)C3=C(C(=O)CC(C)(C)C3)[C@@H]2c2ccc3c(c2)OCO3)cc1. The summed E-state index contributed by atoms with van der Waals surface area (Å²) < 4.78 is 16.5. The van der Waals surface area contributed by atoms with Crippen molar-refractivity contribution in [3.8, 4) is 17.2 Å². The fourth-order valence-electron chi connectivity index (χ4n) is 6.21. The minimum Gasteiger partial charge on any atom is -0.507 e. The number of aliphatic hydroxyl groups is 1. The van der Waals surface area contributed by atoms with Crippen LogP contribution in [0.25, 0.3) is 5.76 Å². The summed E-state index contributed by atoms with van der Waals surface area (Å²) in [6, 6.07) is 16.7. The van der Waals surface area contributed by atoms with Crippen molar-refractivity contribution >= 4 is 28.8 Å². The maximum atomic E-state index is 14.1. The number of anilines is 1. The highest BCUT2D eigenvalue weighted by atomic mass is 16.7. The maximum absolute atomic E-state index is 14.1. The summed E-state index contributed by atoms with van der Waals surface area (Å²) in [5.41, 5.74) is 3.07. The molecule has 3 aromatic carbocycles. The van der Waals surface area contributed by atoms with Crippen LogP contribution in [-0.2, 0) is 4.79 Å². The molecule has 0 unspecified atom stereocenters. The van der Waals surface area contributed by atoms with Crippen molar-refractivity contribution in [2.24, 2.45) is 5.41 Å². The minimum atomic E-state index is -0.780. The first-order valence-electron chi connectivity index (χ1n) is 13.9. The molecule has 0 bridgehead atoms. The molecule has 43 heavy (non-hydrogen) atoms. The largest absolute Gasteiger partial charge is 0.507 e. The van der Waals surface area contributed by atoms with Crippen LogP contribution in [-0.4, -0.2) is 35.6 Å². The second-order valence-corrected chi connectivity index (χ2v) is 11.7. The highest BCUT2D eigenvalue weighted by molar-refractivity contribution is 6.20. The van der Waals surface area contributed by atoms with Gasteiger partial charge in [0.2, 0.25) is 6.79 Å². The van der Waals surface area contributed by atoms with Crippen molar-refractivity contribution in [1.29, 1.82) is 5.41 Å². The van der Waals surface area contributed by atoms with E-state index in [1.54, 1.807) is 61.4 Å². The van der Waals surface area contributed by atoms with Gasteiger partial charge in [0, 0.05) is 46.9 Å². The Morgan fingerprint density at radius 3 is 2.47 bits per heavy atom. The van der Waals surface area contributed by atoms with Gasteiger partial charge in [-0.25, -0.2) is 0 Å². The predicted molar refractivity (Wildman–Crippen MR) is 161 cm³/mol. The van der Waals surface area contributed by atoms with Gasteiger partial charge in [-0.2, -0.15) is 0 Å². The zero-order valence-electron chi connectivity index (χ0n) is 24.3. The molecule has 10 nitrogen and oxygen atoms in total. The Kier molecular flexibility index (Phi) is 6.71. The Labute approximate surface area is 248 Å². The molecule has 3 aliphatic rings. The molecular formula is C33H31N3O7. The van der Waals surface area contributed by atoms with Gasteiger partial charge >= 0.3 is 0 Å². The van der Waals surface area contributed by atoms with Gasteiger partial charge in [-0.15, -0.1) is 0 Å². The summed E-state index contributed by atoms with van der Waals surface area (Å²) in [5.74, 6) is 0.634. The van der Waals surface area contributed by atoms with Gasteiger partial charge in [0.25, 0.3) is 5.69 Å². The van der Waals surface area contributed by atoms with Crippen LogP contribution in [0.4, 0.5) is 11.4 Å². The van der Waals surface area contributed by atoms with Gasteiger partial charge in [0.1, 0.15) is 17.3 Å². The van der Waals surface area contributed by atoms with Gasteiger partial charge in [-0.1, -0.05) is 19.9 Å². The first-order chi connectivity index (χ1) is 20.5. The molecule has 2 N–H and O–H groups in total. The maximum Gasteiger partial charge on any atom is 0.269 e. The fraction of sp³-hybridized carbons (Fsp3) is 0.273. The monoisotopic (exact) mass is 581 g/mol. The first kappa shape index (κ1) is 28.0. The first-order valence-corrected chi connectivity index (χ1v) is 13.9. The Bertz CT molecular complexity index is 1750. The smallest absolute Gasteiger partial charge is 0.269 e. The third-order valence-corrected chi connectivity index (χ3v) is 8.20. The number of benzene rings is 3. The van der Waals surface area contributed by atoms with Crippen molar-refractivity contribution in [3.63, 3.8) is 0 Å². The number of carbonyl (C=O) groups is 1. The van der Waals surface area contributed by atoms with Crippen LogP contribution in [0.2, 0.25) is 0 Å². The normalized spacial score (nSPS) is 20.2. The van der Waals surface area contributed by atoms with Gasteiger partial charge in [-0.3, -0.25) is 25.2 Å². The second kappa shape index (κ2) is 10.3. The number of non-ortho nitro benzene ring substituents is 1. The molecule has 0 aromatic heterocycles. The lowest BCUT2D eigenvalue weighted by molar-refractivity contribution is -0.384. The van der Waals surface area contributed by atoms with E-state index in [-0.39, 0.29) is 41.9 Å². The Balaban J connectivity index is 1.65. The number of carbonyl (C=O) groups excluding carboxylic acids is 1. The molecule has 3 aromatic rings. The Hall–Kier alpha value is -5.12. The number of nitro groups is 1. The standard InChI is InChI=1S/C33H31N3O7/c1-18-13-21(36(39)40)8-11-23(18)35-24-15-33(2,3)16-25(37)29(24)28(20-7-12-26-27(14-20)43-17-42-26)30(32(35)34)31(38)19-5-9-22(41-4)10-6-19/h5-14,28,34,38H,15-17H2,1-4H3/b31-30+,34-32?/t28-/m0/s1. The van der Waals surface area contributed by atoms with Crippen LogP contribution in [0.5, 0.6) is 17.2 Å². The summed E-state index contributed by atoms with van der Waals surface area (Å²) in [6.07, 6.45) is 0.758. The molecule has 10 heteroatoms. The molecule has 0 saturated heterocycles. The van der Waals surface area contributed by atoms with Crippen molar-refractivity contribution in [3.05, 3.63) is 104 Å². The van der Waals surface area contributed by atoms with Gasteiger partial charge < -0.3 is 19.3 Å². The number of fused-ring (bicyclic) bond motifs is 1. The third-order valence-electron chi connectivity index (χ3n) is 8.20. The third kappa shape index (κ3) is 4.78. The molecule has 6 rings (SSSR count). The second-order valence-electron chi connectivity index (χ2n) is 11.7. The lowest BCUT2D eigenvalue weighted by Crippen LogP contribution is -2.45. The molecule has 1 atom stereocenters. The topological polar surface area (TPSA) is 135 Å². The number of aliphatic hydroxyl groups excluding tert-OH is 1. The lowest BCUT2D eigenvalue weighted by atomic mass is 9.67. The molecule has 0 radical (unpaired) electrons. The summed E-state index contributed by atoms with van der Waals surface area (Å²) in [6.45, 7) is 5.83. The Morgan fingerprint density at radius 2 is 1.79 bits per heavy atom. The zero-order chi connectivity index (χ0) is 30.6. The molecule has 0 spiro atoms. The van der Waals surface area contributed by atoms with E-state index in [2.05, 4.69) is 0 Å². The number of hydrogen-bond acceptors (Lipinski definition) is 8. The average Bonchev–Trinajstić information content (AvgIpc) is 3.44. The molecule has 220 valence electrons. The molecule has 0 fully saturated rings. The zero-order valence-corrected chi connectivity index (χ0v) is 24.3. The Morgan fingerprint density at radius 1 is 1.07 bits per heavy atom. The summed E-state index contributed by atoms with van der Waals surface area (Å²) in [7, 11) is 1.55. The van der Waals surface area contributed by atoms with Gasteiger partial charge in [0.05, 0.1) is 17.7 Å². The minimum absolute atomic E-state index is 0.0304. The number of amidine groups is 1. The fourth-order valence-corrected chi connectivity index (χ4v) is 6.21. The number of rotatable bonds is 5. The molecule has 2 aliphatic heterocycles. The number of Topliss-reactive ketones (excluding diaryl/α,β-unsaturated/α-hetero) is 1. The summed E-state index contributed by atoms with van der Waals surface area (Å²) >= 11 is 0. The average molecular weight is 582 g/mol. The van der Waals surface area contributed by atoms with Crippen LogP contribution < -0.4 is 19.1 Å². The van der Waals surface area contributed by atoms with E-state index < -0.39 is 16.3 Å². The van der Waals surface area contributed by atoms with Crippen LogP contribution in [0.15, 0.2) is 77.5 Å². The number of ether oxygens (including phenoxy) is 3. The van der Waals surface area contributed by atoms with Crippen LogP contribution >= 0.6 is 0 Å². The molecule has 0 saturated carbocycles. The molecule has 0 amide bonds. The van der Waals surface area contributed by atoms with E-state index in [0.29, 0.717) is 57.3 Å². The van der Waals surface area contributed by atoms with Crippen molar-refractivity contribution < 1.29 is 29.0 Å². The number of allylic oxidation sites excluding steroid dienone is 2. The van der Waals surface area contributed by atoms with Gasteiger partial charge in [-0.05, 0) is 72.4 Å². The number of methoxy groups -OCH3 is 1. The molecule has 2 heterocycles. The highest BCUT2D eigenvalue weighted by Crippen LogP contribution is 2.52. The molecular weight excluding hydrogens is 550 g/mol. The van der Waals surface area contributed by atoms with E-state index in [4.69, 9.17) is 14.2 Å². The van der Waals surface area contributed by atoms with Crippen molar-refractivity contribution in [1.82, 2.24) is 0 Å². The molecule has 1 aliphatic carbocycles. The lowest BCUT2D eigenvalue weighted by Gasteiger charge is -2.45. The van der Waals surface area contributed by atoms with E-state index in [0.717, 1.165) is 0 Å². The highest BCUT2D eigenvalue weighted by Gasteiger charge is 2.47. The van der Waals surface area contributed by atoms with Gasteiger partial charge in [0.15, 0.2) is 17.3 Å². The van der Waals surface area contributed by atoms with Crippen LogP contribution in [0, 0.1) is 27.9 Å². The number of ketones is 1. The van der Waals surface area contributed by atoms with Crippen molar-refractivity contribution in [2.45, 2.75) is 39.5 Å². The number of hydrogen-bond donors (Lipinski definition) is 2. The van der Waals surface area contributed by atoms with E-state index in [1.165, 1.54) is 12.1 Å². The quantitative estimate of drug-likeness (QED) is 0.190. The predicted octanol–water partition coefficient (Wildman–Crippen LogP) is 6.83. The van der Waals surface area contributed by atoms with Crippen molar-refractivity contribution in [2.75, 3.05) is 18.8 Å². The summed E-state index contributed by atoms with van der Waals surface area (Å²) in [5, 5.41) is 33.1. The van der Waals surface area contributed by atoms with E-state index in [1.807, 2.05) is 19.9 Å². The number of nitrogens with one attached hydrogen (secondary N) is 1. The van der Waals surface area contributed by atoms with Crippen LogP contribution in [0.3, 0.4) is 0 Å². The van der Waals surface area contributed by atoms with Crippen LogP contribution in [0.1, 0.15) is 49.3 Å². The summed E-state index contributed by atoms with van der Waals surface area (Å²) in [4.78, 5) is 26.9. The van der Waals surface area contributed by atoms with E-state index in [9.17, 15) is 25.4 Å².